The normalized spacial score (nSPS) is 10.8. The van der Waals surface area contributed by atoms with Crippen molar-refractivity contribution in [3.05, 3.63) is 38.3 Å². The van der Waals surface area contributed by atoms with Gasteiger partial charge in [-0.2, -0.15) is 0 Å². The van der Waals surface area contributed by atoms with E-state index in [1.807, 2.05) is 4.90 Å². The Morgan fingerprint density at radius 2 is 2.20 bits per heavy atom. The minimum absolute atomic E-state index is 0.0250. The summed E-state index contributed by atoms with van der Waals surface area (Å²) in [6.45, 7) is 3.43. The maximum atomic E-state index is 11.1. The molecule has 0 radical (unpaired) electrons. The zero-order valence-electron chi connectivity index (χ0n) is 11.3. The second kappa shape index (κ2) is 7.96. The molecule has 0 fully saturated rings. The van der Waals surface area contributed by atoms with E-state index >= 15 is 0 Å². The molecule has 0 aliphatic rings. The molecule has 0 atom stereocenters. The average molecular weight is 344 g/mol. The average Bonchev–Trinajstić information content (AvgIpc) is 2.37. The molecule has 6 nitrogen and oxygen atoms in total. The van der Waals surface area contributed by atoms with Crippen LogP contribution in [0.5, 0.6) is 0 Å². The first-order chi connectivity index (χ1) is 9.43. The summed E-state index contributed by atoms with van der Waals surface area (Å²) < 4.78 is 0.446. The molecular weight excluding hydrogens is 326 g/mol. The molecule has 0 saturated carbocycles. The molecule has 20 heavy (non-hydrogen) atoms. The third-order valence-electron chi connectivity index (χ3n) is 2.82. The standard InChI is InChI=1S/C13H18BrN3O3/c1-2-3-6-16(9-13(15)18)8-10-4-5-11(14)12(7-10)17(19)20/h4-5,7H,2-3,6,8-9H2,1H3,(H2,15,18). The van der Waals surface area contributed by atoms with Crippen LogP contribution in [0, 0.1) is 10.1 Å². The van der Waals surface area contributed by atoms with Gasteiger partial charge in [-0.05, 0) is 40.5 Å². The number of unbranched alkanes of at least 4 members (excludes halogenated alkanes) is 1. The molecule has 0 aromatic heterocycles. The van der Waals surface area contributed by atoms with E-state index in [2.05, 4.69) is 22.9 Å². The zero-order valence-corrected chi connectivity index (χ0v) is 12.9. The smallest absolute Gasteiger partial charge is 0.283 e. The van der Waals surface area contributed by atoms with E-state index in [9.17, 15) is 14.9 Å². The number of hydrogen-bond acceptors (Lipinski definition) is 4. The van der Waals surface area contributed by atoms with Gasteiger partial charge < -0.3 is 5.73 Å². The summed E-state index contributed by atoms with van der Waals surface area (Å²) in [7, 11) is 0. The van der Waals surface area contributed by atoms with Crippen molar-refractivity contribution in [1.82, 2.24) is 4.90 Å². The SMILES string of the molecule is CCCCN(CC(N)=O)Cc1ccc(Br)c([N+](=O)[O-])c1. The largest absolute Gasteiger partial charge is 0.369 e. The van der Waals surface area contributed by atoms with Crippen LogP contribution in [-0.4, -0.2) is 28.8 Å². The molecule has 1 rings (SSSR count). The predicted octanol–water partition coefficient (Wildman–Crippen LogP) is 2.44. The molecule has 110 valence electrons. The molecule has 1 aromatic carbocycles. The molecule has 0 saturated heterocycles. The summed E-state index contributed by atoms with van der Waals surface area (Å²) in [6, 6.07) is 4.97. The van der Waals surface area contributed by atoms with E-state index in [1.54, 1.807) is 12.1 Å². The van der Waals surface area contributed by atoms with Gasteiger partial charge in [0.25, 0.3) is 5.69 Å². The molecule has 0 bridgehead atoms. The Bertz CT molecular complexity index is 494. The van der Waals surface area contributed by atoms with Crippen LogP contribution in [0.1, 0.15) is 25.3 Å². The van der Waals surface area contributed by atoms with E-state index in [-0.39, 0.29) is 12.2 Å². The van der Waals surface area contributed by atoms with Crippen molar-refractivity contribution < 1.29 is 9.72 Å². The van der Waals surface area contributed by atoms with Crippen LogP contribution in [0.3, 0.4) is 0 Å². The molecule has 0 heterocycles. The first-order valence-corrected chi connectivity index (χ1v) is 7.16. The number of benzene rings is 1. The van der Waals surface area contributed by atoms with Crippen molar-refractivity contribution in [2.75, 3.05) is 13.1 Å². The quantitative estimate of drug-likeness (QED) is 0.579. The van der Waals surface area contributed by atoms with Crippen molar-refractivity contribution in [1.29, 1.82) is 0 Å². The number of amides is 1. The lowest BCUT2D eigenvalue weighted by Crippen LogP contribution is -2.34. The number of nitro benzene ring substituents is 1. The van der Waals surface area contributed by atoms with Crippen molar-refractivity contribution in [2.24, 2.45) is 5.73 Å². The lowest BCUT2D eigenvalue weighted by atomic mass is 10.2. The number of carbonyl (C=O) groups excluding carboxylic acids is 1. The van der Waals surface area contributed by atoms with Crippen LogP contribution in [0.25, 0.3) is 0 Å². The second-order valence-electron chi connectivity index (χ2n) is 4.57. The summed E-state index contributed by atoms with van der Waals surface area (Å²) in [4.78, 5) is 23.4. The second-order valence-corrected chi connectivity index (χ2v) is 5.43. The number of carbonyl (C=O) groups is 1. The number of halogens is 1. The van der Waals surface area contributed by atoms with E-state index in [1.165, 1.54) is 6.07 Å². The summed E-state index contributed by atoms with van der Waals surface area (Å²) in [5.41, 5.74) is 6.04. The minimum Gasteiger partial charge on any atom is -0.369 e. The van der Waals surface area contributed by atoms with Crippen LogP contribution >= 0.6 is 15.9 Å². The Kier molecular flexibility index (Phi) is 6.60. The van der Waals surface area contributed by atoms with Crippen molar-refractivity contribution in [3.8, 4) is 0 Å². The fraction of sp³-hybridized carbons (Fsp3) is 0.462. The Hall–Kier alpha value is -1.47. The van der Waals surface area contributed by atoms with Crippen LogP contribution in [-0.2, 0) is 11.3 Å². The molecule has 0 unspecified atom stereocenters. The van der Waals surface area contributed by atoms with Gasteiger partial charge in [-0.3, -0.25) is 19.8 Å². The topological polar surface area (TPSA) is 89.5 Å². The highest BCUT2D eigenvalue weighted by molar-refractivity contribution is 9.10. The third kappa shape index (κ3) is 5.26. The number of hydrogen-bond donors (Lipinski definition) is 1. The number of rotatable bonds is 8. The number of nitrogens with zero attached hydrogens (tertiary/aromatic N) is 2. The minimum atomic E-state index is -0.432. The molecule has 0 aliphatic heterocycles. The maximum absolute atomic E-state index is 11.1. The summed E-state index contributed by atoms with van der Waals surface area (Å²) >= 11 is 3.15. The third-order valence-corrected chi connectivity index (χ3v) is 3.49. The van der Waals surface area contributed by atoms with Crippen LogP contribution < -0.4 is 5.73 Å². The summed E-state index contributed by atoms with van der Waals surface area (Å²) in [5, 5.41) is 10.9. The molecule has 7 heteroatoms. The molecule has 1 aromatic rings. The van der Waals surface area contributed by atoms with E-state index in [0.29, 0.717) is 11.0 Å². The molecule has 0 aliphatic carbocycles. The van der Waals surface area contributed by atoms with Gasteiger partial charge in [0.15, 0.2) is 0 Å². The van der Waals surface area contributed by atoms with Gasteiger partial charge in [0.1, 0.15) is 0 Å². The highest BCUT2D eigenvalue weighted by atomic mass is 79.9. The highest BCUT2D eigenvalue weighted by Crippen LogP contribution is 2.26. The van der Waals surface area contributed by atoms with Gasteiger partial charge in [0, 0.05) is 12.6 Å². The lowest BCUT2D eigenvalue weighted by Gasteiger charge is -2.20. The van der Waals surface area contributed by atoms with E-state index in [4.69, 9.17) is 5.73 Å². The highest BCUT2D eigenvalue weighted by Gasteiger charge is 2.15. The van der Waals surface area contributed by atoms with Crippen molar-refractivity contribution >= 4 is 27.5 Å². The van der Waals surface area contributed by atoms with Crippen LogP contribution in [0.2, 0.25) is 0 Å². The van der Waals surface area contributed by atoms with Crippen LogP contribution in [0.4, 0.5) is 5.69 Å². The van der Waals surface area contributed by atoms with Gasteiger partial charge in [0.05, 0.1) is 15.9 Å². The van der Waals surface area contributed by atoms with Crippen LogP contribution in [0.15, 0.2) is 22.7 Å². The van der Waals surface area contributed by atoms with Gasteiger partial charge in [-0.1, -0.05) is 19.4 Å². The first kappa shape index (κ1) is 16.6. The van der Waals surface area contributed by atoms with E-state index in [0.717, 1.165) is 24.9 Å². The van der Waals surface area contributed by atoms with Crippen molar-refractivity contribution in [2.45, 2.75) is 26.3 Å². The molecule has 2 N–H and O–H groups in total. The Balaban J connectivity index is 2.84. The molecular formula is C13H18BrN3O3. The maximum Gasteiger partial charge on any atom is 0.283 e. The first-order valence-electron chi connectivity index (χ1n) is 6.37. The number of primary amides is 1. The summed E-state index contributed by atoms with van der Waals surface area (Å²) in [5.74, 6) is -0.396. The number of nitrogens with two attached hydrogens (primary N) is 1. The van der Waals surface area contributed by atoms with Gasteiger partial charge in [-0.25, -0.2) is 0 Å². The summed E-state index contributed by atoms with van der Waals surface area (Å²) in [6.07, 6.45) is 1.96. The zero-order chi connectivity index (χ0) is 15.1. The lowest BCUT2D eigenvalue weighted by molar-refractivity contribution is -0.385. The molecule has 1 amide bonds. The van der Waals surface area contributed by atoms with Crippen molar-refractivity contribution in [3.63, 3.8) is 0 Å². The Morgan fingerprint density at radius 3 is 2.75 bits per heavy atom. The number of nitro groups is 1. The monoisotopic (exact) mass is 343 g/mol. The van der Waals surface area contributed by atoms with Gasteiger partial charge in [0.2, 0.25) is 5.91 Å². The predicted molar refractivity (Wildman–Crippen MR) is 80.2 cm³/mol. The fourth-order valence-corrected chi connectivity index (χ4v) is 2.26. The fourth-order valence-electron chi connectivity index (χ4n) is 1.87. The van der Waals surface area contributed by atoms with E-state index < -0.39 is 10.8 Å². The Labute approximate surface area is 126 Å². The molecule has 0 spiro atoms. The van der Waals surface area contributed by atoms with Gasteiger partial charge >= 0.3 is 0 Å². The Morgan fingerprint density at radius 1 is 1.50 bits per heavy atom. The van der Waals surface area contributed by atoms with Gasteiger partial charge in [-0.15, -0.1) is 0 Å².